The topological polar surface area (TPSA) is 0 Å². The fraction of sp³-hybridized carbons (Fsp3) is 0.120. The van der Waals surface area contributed by atoms with Crippen molar-refractivity contribution in [3.63, 3.8) is 0 Å². The van der Waals surface area contributed by atoms with Crippen LogP contribution >= 0.6 is 11.6 Å². The van der Waals surface area contributed by atoms with Gasteiger partial charge in [0.1, 0.15) is 0 Å². The van der Waals surface area contributed by atoms with E-state index in [0.717, 1.165) is 5.02 Å². The minimum Gasteiger partial charge on any atom is -0.0840 e. The van der Waals surface area contributed by atoms with Crippen molar-refractivity contribution >= 4 is 22.4 Å². The van der Waals surface area contributed by atoms with Gasteiger partial charge in [-0.3, -0.25) is 0 Å². The summed E-state index contributed by atoms with van der Waals surface area (Å²) in [6, 6.07) is 28.1. The van der Waals surface area contributed by atoms with E-state index in [1.54, 1.807) is 0 Å². The van der Waals surface area contributed by atoms with Gasteiger partial charge in [-0.25, -0.2) is 0 Å². The van der Waals surface area contributed by atoms with Crippen LogP contribution in [0.5, 0.6) is 0 Å². The molecule has 0 nitrogen and oxygen atoms in total. The van der Waals surface area contributed by atoms with Gasteiger partial charge in [0, 0.05) is 10.4 Å². The van der Waals surface area contributed by atoms with Crippen molar-refractivity contribution in [3.8, 4) is 22.3 Å². The van der Waals surface area contributed by atoms with Crippen LogP contribution in [-0.2, 0) is 5.41 Å². The highest BCUT2D eigenvalue weighted by molar-refractivity contribution is 6.32. The van der Waals surface area contributed by atoms with Gasteiger partial charge >= 0.3 is 0 Å². The molecule has 4 aromatic carbocycles. The Bertz CT molecular complexity index is 1150. The minimum absolute atomic E-state index is 0.129. The highest BCUT2D eigenvalue weighted by Crippen LogP contribution is 2.53. The van der Waals surface area contributed by atoms with Crippen LogP contribution in [0.3, 0.4) is 0 Å². The Hall–Kier alpha value is -2.57. The van der Waals surface area contributed by atoms with Crippen molar-refractivity contribution in [1.29, 1.82) is 0 Å². The standard InChI is InChI=1S/C25H19Cl/c1-25(2)20-12-6-10-17-14-15-18(16-8-4-3-5-9-16)23(22(17)20)19-11-7-13-21(26)24(19)25/h3-15H,1-2H3. The summed E-state index contributed by atoms with van der Waals surface area (Å²) in [6.07, 6.45) is 0. The molecule has 0 atom stereocenters. The number of benzene rings is 4. The van der Waals surface area contributed by atoms with E-state index in [-0.39, 0.29) is 5.41 Å². The zero-order valence-corrected chi connectivity index (χ0v) is 15.6. The third-order valence-corrected chi connectivity index (χ3v) is 6.03. The summed E-state index contributed by atoms with van der Waals surface area (Å²) in [5.41, 5.74) is 7.52. The molecule has 0 N–H and O–H groups in total. The normalized spacial score (nSPS) is 14.3. The van der Waals surface area contributed by atoms with E-state index in [1.807, 2.05) is 6.07 Å². The zero-order valence-electron chi connectivity index (χ0n) is 14.9. The van der Waals surface area contributed by atoms with Crippen LogP contribution in [0.2, 0.25) is 5.02 Å². The van der Waals surface area contributed by atoms with E-state index < -0.39 is 0 Å². The summed E-state index contributed by atoms with van der Waals surface area (Å²) < 4.78 is 0. The lowest BCUT2D eigenvalue weighted by Crippen LogP contribution is -2.24. The molecule has 0 heterocycles. The second kappa shape index (κ2) is 5.46. The lowest BCUT2D eigenvalue weighted by Gasteiger charge is -2.36. The number of hydrogen-bond donors (Lipinski definition) is 0. The van der Waals surface area contributed by atoms with Gasteiger partial charge in [-0.1, -0.05) is 98.2 Å². The summed E-state index contributed by atoms with van der Waals surface area (Å²) in [4.78, 5) is 0. The van der Waals surface area contributed by atoms with Crippen LogP contribution in [0, 0.1) is 0 Å². The van der Waals surface area contributed by atoms with E-state index in [2.05, 4.69) is 86.6 Å². The predicted molar refractivity (Wildman–Crippen MR) is 112 cm³/mol. The molecule has 4 aromatic rings. The molecule has 0 saturated heterocycles. The highest BCUT2D eigenvalue weighted by Gasteiger charge is 2.36. The third kappa shape index (κ3) is 2.03. The Morgan fingerprint density at radius 1 is 0.692 bits per heavy atom. The van der Waals surface area contributed by atoms with Gasteiger partial charge in [-0.05, 0) is 50.2 Å². The molecular weight excluding hydrogens is 336 g/mol. The maximum atomic E-state index is 6.73. The SMILES string of the molecule is CC1(C)c2c(Cl)cccc2-c2c(-c3ccccc3)ccc3cccc1c23. The summed E-state index contributed by atoms with van der Waals surface area (Å²) in [7, 11) is 0. The number of fused-ring (bicyclic) bond motifs is 2. The highest BCUT2D eigenvalue weighted by atomic mass is 35.5. The number of halogens is 1. The fourth-order valence-corrected chi connectivity index (χ4v) is 4.95. The maximum Gasteiger partial charge on any atom is 0.0453 e. The van der Waals surface area contributed by atoms with Crippen molar-refractivity contribution in [2.45, 2.75) is 19.3 Å². The van der Waals surface area contributed by atoms with Crippen LogP contribution in [0.4, 0.5) is 0 Å². The zero-order chi connectivity index (χ0) is 17.9. The molecule has 26 heavy (non-hydrogen) atoms. The molecule has 0 bridgehead atoms. The molecule has 0 fully saturated rings. The second-order valence-corrected chi connectivity index (χ2v) is 7.95. The minimum atomic E-state index is -0.129. The van der Waals surface area contributed by atoms with Crippen LogP contribution in [0.15, 0.2) is 78.9 Å². The Balaban J connectivity index is 2.02. The van der Waals surface area contributed by atoms with Gasteiger partial charge in [0.05, 0.1) is 0 Å². The molecule has 0 aliphatic heterocycles. The van der Waals surface area contributed by atoms with Gasteiger partial charge < -0.3 is 0 Å². The van der Waals surface area contributed by atoms with Gasteiger partial charge in [-0.2, -0.15) is 0 Å². The molecule has 1 aliphatic carbocycles. The van der Waals surface area contributed by atoms with Gasteiger partial charge in [0.2, 0.25) is 0 Å². The van der Waals surface area contributed by atoms with Gasteiger partial charge in [-0.15, -0.1) is 0 Å². The fourth-order valence-electron chi connectivity index (χ4n) is 4.54. The van der Waals surface area contributed by atoms with Gasteiger partial charge in [0.25, 0.3) is 0 Å². The molecule has 0 unspecified atom stereocenters. The van der Waals surface area contributed by atoms with Crippen molar-refractivity contribution in [2.75, 3.05) is 0 Å². The summed E-state index contributed by atoms with van der Waals surface area (Å²) >= 11 is 6.73. The van der Waals surface area contributed by atoms with E-state index in [4.69, 9.17) is 11.6 Å². The van der Waals surface area contributed by atoms with Crippen molar-refractivity contribution in [2.24, 2.45) is 0 Å². The molecule has 0 saturated carbocycles. The predicted octanol–water partition coefficient (Wildman–Crippen LogP) is 7.47. The lowest BCUT2D eigenvalue weighted by atomic mass is 9.67. The van der Waals surface area contributed by atoms with Crippen LogP contribution in [0.25, 0.3) is 33.0 Å². The first kappa shape index (κ1) is 15.7. The van der Waals surface area contributed by atoms with E-state index >= 15 is 0 Å². The van der Waals surface area contributed by atoms with Crippen LogP contribution < -0.4 is 0 Å². The van der Waals surface area contributed by atoms with E-state index in [0.29, 0.717) is 0 Å². The Kier molecular flexibility index (Phi) is 3.29. The molecule has 1 heteroatoms. The van der Waals surface area contributed by atoms with E-state index in [9.17, 15) is 0 Å². The lowest BCUT2D eigenvalue weighted by molar-refractivity contribution is 0.645. The van der Waals surface area contributed by atoms with E-state index in [1.165, 1.54) is 44.2 Å². The summed E-state index contributed by atoms with van der Waals surface area (Å²) in [5.74, 6) is 0. The molecule has 5 rings (SSSR count). The molecule has 1 aliphatic rings. The smallest absolute Gasteiger partial charge is 0.0453 e. The average Bonchev–Trinajstić information content (AvgIpc) is 2.66. The largest absolute Gasteiger partial charge is 0.0840 e. The van der Waals surface area contributed by atoms with Crippen LogP contribution in [0.1, 0.15) is 25.0 Å². The third-order valence-electron chi connectivity index (χ3n) is 5.71. The molecule has 0 radical (unpaired) electrons. The molecule has 0 aromatic heterocycles. The number of hydrogen-bond acceptors (Lipinski definition) is 0. The van der Waals surface area contributed by atoms with Crippen molar-refractivity contribution in [1.82, 2.24) is 0 Å². The summed E-state index contributed by atoms with van der Waals surface area (Å²) in [6.45, 7) is 4.56. The molecular formula is C25H19Cl. The Labute approximate surface area is 159 Å². The monoisotopic (exact) mass is 354 g/mol. The first-order chi connectivity index (χ1) is 12.6. The maximum absolute atomic E-state index is 6.73. The first-order valence-corrected chi connectivity index (χ1v) is 9.38. The molecule has 0 amide bonds. The van der Waals surface area contributed by atoms with Crippen LogP contribution in [-0.4, -0.2) is 0 Å². The van der Waals surface area contributed by atoms with Crippen molar-refractivity contribution < 1.29 is 0 Å². The second-order valence-electron chi connectivity index (χ2n) is 7.55. The quantitative estimate of drug-likeness (QED) is 0.332. The molecule has 126 valence electrons. The Morgan fingerprint density at radius 3 is 2.27 bits per heavy atom. The van der Waals surface area contributed by atoms with Crippen molar-refractivity contribution in [3.05, 3.63) is 95.0 Å². The number of rotatable bonds is 1. The average molecular weight is 355 g/mol. The first-order valence-electron chi connectivity index (χ1n) is 9.00. The molecule has 0 spiro atoms. The Morgan fingerprint density at radius 2 is 1.46 bits per heavy atom. The summed E-state index contributed by atoms with van der Waals surface area (Å²) in [5, 5.41) is 3.49. The van der Waals surface area contributed by atoms with Gasteiger partial charge in [0.15, 0.2) is 0 Å².